The molecule has 0 aliphatic carbocycles. The number of hydrogen-bond donors (Lipinski definition) is 2. The van der Waals surface area contributed by atoms with Gasteiger partial charge in [-0.25, -0.2) is 0 Å². The van der Waals surface area contributed by atoms with Gasteiger partial charge in [0.2, 0.25) is 0 Å². The van der Waals surface area contributed by atoms with Crippen LogP contribution in [0.15, 0.2) is 23.1 Å². The molecular formula is C14H22N2OS. The van der Waals surface area contributed by atoms with Crippen LogP contribution in [0.1, 0.15) is 18.9 Å². The van der Waals surface area contributed by atoms with Crippen molar-refractivity contribution in [3.05, 3.63) is 23.8 Å². The Balaban J connectivity index is 2.24. The molecular weight excluding hydrogens is 244 g/mol. The molecule has 0 saturated carbocycles. The Morgan fingerprint density at radius 1 is 1.56 bits per heavy atom. The molecule has 1 fully saturated rings. The smallest absolute Gasteiger partial charge is 0.0557 e. The van der Waals surface area contributed by atoms with E-state index >= 15 is 0 Å². The fourth-order valence-electron chi connectivity index (χ4n) is 2.65. The molecule has 1 saturated heterocycles. The lowest BCUT2D eigenvalue weighted by Gasteiger charge is -2.23. The van der Waals surface area contributed by atoms with Gasteiger partial charge in [0.25, 0.3) is 0 Å². The molecule has 1 aromatic carbocycles. The number of aliphatic hydroxyl groups excluding tert-OH is 1. The highest BCUT2D eigenvalue weighted by Gasteiger charge is 2.27. The van der Waals surface area contributed by atoms with Crippen LogP contribution in [0.2, 0.25) is 0 Å². The molecule has 1 heterocycles. The molecule has 0 bridgehead atoms. The van der Waals surface area contributed by atoms with Crippen LogP contribution in [-0.4, -0.2) is 30.6 Å². The second-order valence-electron chi connectivity index (χ2n) is 4.90. The zero-order valence-electron chi connectivity index (χ0n) is 11.1. The first-order valence-electron chi connectivity index (χ1n) is 6.46. The minimum Gasteiger partial charge on any atom is -0.393 e. The first-order chi connectivity index (χ1) is 8.67. The molecule has 18 heavy (non-hydrogen) atoms. The summed E-state index contributed by atoms with van der Waals surface area (Å²) in [6, 6.07) is 6.36. The van der Waals surface area contributed by atoms with Crippen molar-refractivity contribution in [1.29, 1.82) is 0 Å². The molecule has 1 aliphatic heterocycles. The van der Waals surface area contributed by atoms with E-state index < -0.39 is 0 Å². The van der Waals surface area contributed by atoms with Crippen molar-refractivity contribution < 1.29 is 5.11 Å². The summed E-state index contributed by atoms with van der Waals surface area (Å²) in [5.74, 6) is 0.383. The summed E-state index contributed by atoms with van der Waals surface area (Å²) in [5, 5.41) is 9.69. The zero-order valence-corrected chi connectivity index (χ0v) is 11.9. The lowest BCUT2D eigenvalue weighted by molar-refractivity contribution is 0.136. The van der Waals surface area contributed by atoms with Crippen LogP contribution >= 0.6 is 11.8 Å². The Hall–Kier alpha value is -0.710. The maximum Gasteiger partial charge on any atom is 0.0557 e. The topological polar surface area (TPSA) is 49.5 Å². The first kappa shape index (κ1) is 13.7. The van der Waals surface area contributed by atoms with Crippen molar-refractivity contribution in [2.75, 3.05) is 24.2 Å². The number of hydrogen-bond acceptors (Lipinski definition) is 4. The highest BCUT2D eigenvalue weighted by molar-refractivity contribution is 7.98. The third-order valence-electron chi connectivity index (χ3n) is 3.78. The van der Waals surface area contributed by atoms with Crippen LogP contribution in [0.25, 0.3) is 0 Å². The van der Waals surface area contributed by atoms with Gasteiger partial charge in [-0.2, -0.15) is 0 Å². The predicted octanol–water partition coefficient (Wildman–Crippen LogP) is 2.07. The number of nitrogens with zero attached hydrogens (tertiary/aromatic N) is 1. The molecule has 1 aliphatic rings. The van der Waals surface area contributed by atoms with Gasteiger partial charge in [0.15, 0.2) is 0 Å². The maximum atomic E-state index is 9.69. The van der Waals surface area contributed by atoms with E-state index in [1.807, 2.05) is 6.92 Å². The number of rotatable bonds is 4. The molecule has 3 N–H and O–H groups in total. The summed E-state index contributed by atoms with van der Waals surface area (Å²) in [5.41, 5.74) is 8.38. The lowest BCUT2D eigenvalue weighted by Crippen LogP contribution is -2.25. The summed E-state index contributed by atoms with van der Waals surface area (Å²) < 4.78 is 0. The predicted molar refractivity (Wildman–Crippen MR) is 78.1 cm³/mol. The van der Waals surface area contributed by atoms with Crippen molar-refractivity contribution in [2.24, 2.45) is 11.7 Å². The zero-order chi connectivity index (χ0) is 13.1. The maximum absolute atomic E-state index is 9.69. The van der Waals surface area contributed by atoms with Gasteiger partial charge in [-0.05, 0) is 31.7 Å². The number of nitrogens with two attached hydrogens (primary N) is 1. The minimum atomic E-state index is -0.222. The number of thioether (sulfide) groups is 1. The van der Waals surface area contributed by atoms with E-state index in [1.54, 1.807) is 11.8 Å². The van der Waals surface area contributed by atoms with E-state index in [0.717, 1.165) is 19.5 Å². The Labute approximate surface area is 113 Å². The molecule has 100 valence electrons. The third-order valence-corrected chi connectivity index (χ3v) is 4.60. The van der Waals surface area contributed by atoms with E-state index in [4.69, 9.17) is 5.73 Å². The van der Waals surface area contributed by atoms with Gasteiger partial charge in [0.05, 0.1) is 6.10 Å². The average Bonchev–Trinajstić information content (AvgIpc) is 2.87. The summed E-state index contributed by atoms with van der Waals surface area (Å²) in [6.07, 6.45) is 2.92. The minimum absolute atomic E-state index is 0.222. The number of anilines is 1. The SMILES string of the molecule is CSc1cccc(N2CCC(C(C)O)C2)c1CN. The third kappa shape index (κ3) is 2.66. The molecule has 2 atom stereocenters. The van der Waals surface area contributed by atoms with Crippen LogP contribution in [-0.2, 0) is 6.54 Å². The van der Waals surface area contributed by atoms with Gasteiger partial charge in [0.1, 0.15) is 0 Å². The van der Waals surface area contributed by atoms with Crippen LogP contribution in [0, 0.1) is 5.92 Å². The standard InChI is InChI=1S/C14H22N2OS/c1-10(17)11-6-7-16(9-11)13-4-3-5-14(18-2)12(13)8-15/h3-5,10-11,17H,6-9,15H2,1-2H3. The second kappa shape index (κ2) is 5.95. The van der Waals surface area contributed by atoms with Gasteiger partial charge in [-0.15, -0.1) is 11.8 Å². The highest BCUT2D eigenvalue weighted by Crippen LogP contribution is 2.33. The second-order valence-corrected chi connectivity index (χ2v) is 5.75. The normalized spacial score (nSPS) is 21.3. The molecule has 0 aromatic heterocycles. The highest BCUT2D eigenvalue weighted by atomic mass is 32.2. The summed E-state index contributed by atoms with van der Waals surface area (Å²) in [6.45, 7) is 4.40. The average molecular weight is 266 g/mol. The lowest BCUT2D eigenvalue weighted by atomic mass is 10.0. The van der Waals surface area contributed by atoms with Crippen molar-refractivity contribution in [3.8, 4) is 0 Å². The first-order valence-corrected chi connectivity index (χ1v) is 7.68. The van der Waals surface area contributed by atoms with Crippen molar-refractivity contribution >= 4 is 17.4 Å². The quantitative estimate of drug-likeness (QED) is 0.819. The van der Waals surface area contributed by atoms with E-state index in [0.29, 0.717) is 12.5 Å². The molecule has 0 spiro atoms. The molecule has 1 aromatic rings. The Bertz CT molecular complexity index is 409. The van der Waals surface area contributed by atoms with Crippen molar-refractivity contribution in [2.45, 2.75) is 30.9 Å². The fourth-order valence-corrected chi connectivity index (χ4v) is 3.30. The van der Waals surface area contributed by atoms with Gasteiger partial charge in [-0.3, -0.25) is 0 Å². The van der Waals surface area contributed by atoms with Gasteiger partial charge >= 0.3 is 0 Å². The van der Waals surface area contributed by atoms with Crippen LogP contribution in [0.5, 0.6) is 0 Å². The van der Waals surface area contributed by atoms with E-state index in [2.05, 4.69) is 29.4 Å². The number of aliphatic hydroxyl groups is 1. The molecule has 2 unspecified atom stereocenters. The van der Waals surface area contributed by atoms with Gasteiger partial charge < -0.3 is 15.7 Å². The summed E-state index contributed by atoms with van der Waals surface area (Å²) >= 11 is 1.74. The van der Waals surface area contributed by atoms with E-state index in [9.17, 15) is 5.11 Å². The summed E-state index contributed by atoms with van der Waals surface area (Å²) in [7, 11) is 0. The molecule has 2 rings (SSSR count). The van der Waals surface area contributed by atoms with Gasteiger partial charge in [-0.1, -0.05) is 6.07 Å². The largest absolute Gasteiger partial charge is 0.393 e. The molecule has 4 heteroatoms. The Kier molecular flexibility index (Phi) is 4.54. The molecule has 3 nitrogen and oxygen atoms in total. The van der Waals surface area contributed by atoms with E-state index in [-0.39, 0.29) is 6.10 Å². The molecule has 0 amide bonds. The fraction of sp³-hybridized carbons (Fsp3) is 0.571. The van der Waals surface area contributed by atoms with Crippen LogP contribution in [0.3, 0.4) is 0 Å². The van der Waals surface area contributed by atoms with E-state index in [1.165, 1.54) is 16.1 Å². The summed E-state index contributed by atoms with van der Waals surface area (Å²) in [4.78, 5) is 3.62. The monoisotopic (exact) mass is 266 g/mol. The molecule has 0 radical (unpaired) electrons. The number of benzene rings is 1. The van der Waals surface area contributed by atoms with Crippen LogP contribution in [0.4, 0.5) is 5.69 Å². The van der Waals surface area contributed by atoms with Crippen LogP contribution < -0.4 is 10.6 Å². The van der Waals surface area contributed by atoms with Gasteiger partial charge in [0, 0.05) is 41.7 Å². The van der Waals surface area contributed by atoms with Crippen molar-refractivity contribution in [3.63, 3.8) is 0 Å². The Morgan fingerprint density at radius 3 is 2.89 bits per heavy atom. The van der Waals surface area contributed by atoms with Crippen molar-refractivity contribution in [1.82, 2.24) is 0 Å². The Morgan fingerprint density at radius 2 is 2.33 bits per heavy atom.